The third kappa shape index (κ3) is 37.3. The van der Waals surface area contributed by atoms with Crippen LogP contribution < -0.4 is 5.32 Å². The number of allylic oxidation sites excluding steroid dienone is 9. The van der Waals surface area contributed by atoms with Gasteiger partial charge in [-0.2, -0.15) is 0 Å². The maximum atomic E-state index is 13.3. The topological polar surface area (TPSA) is 228 Å². The van der Waals surface area contributed by atoms with Crippen LogP contribution in [0.15, 0.2) is 60.8 Å². The molecule has 0 spiro atoms. The second kappa shape index (κ2) is 53.0. The van der Waals surface area contributed by atoms with Gasteiger partial charge in [0.1, 0.15) is 48.8 Å². The van der Waals surface area contributed by atoms with Crippen molar-refractivity contribution in [3.63, 3.8) is 0 Å². The Bertz CT molecular complexity index is 1610. The van der Waals surface area contributed by atoms with Crippen LogP contribution in [-0.4, -0.2) is 140 Å². The number of hydrogen-bond donors (Lipinski definition) is 9. The Morgan fingerprint density at radius 2 is 0.817 bits per heavy atom. The third-order valence-corrected chi connectivity index (χ3v) is 16.2. The molecule has 12 unspecified atom stereocenters. The molecule has 2 aliphatic rings. The predicted octanol–water partition coefficient (Wildman–Crippen LogP) is 12.9. The molecule has 1 amide bonds. The van der Waals surface area contributed by atoms with Crippen molar-refractivity contribution in [2.45, 2.75) is 344 Å². The highest BCUT2D eigenvalue weighted by Gasteiger charge is 2.51. The van der Waals surface area contributed by atoms with Gasteiger partial charge in [-0.3, -0.25) is 4.79 Å². The first kappa shape index (κ1) is 75.8. The van der Waals surface area contributed by atoms with Crippen molar-refractivity contribution in [3.8, 4) is 0 Å². The Hall–Kier alpha value is -2.31. The Labute approximate surface area is 498 Å². The van der Waals surface area contributed by atoms with E-state index in [2.05, 4.69) is 67.8 Å². The van der Waals surface area contributed by atoms with E-state index in [4.69, 9.17) is 18.9 Å². The molecule has 9 N–H and O–H groups in total. The van der Waals surface area contributed by atoms with Gasteiger partial charge in [0.2, 0.25) is 5.91 Å². The smallest absolute Gasteiger partial charge is 0.220 e. The number of aliphatic hydroxyl groups is 8. The van der Waals surface area contributed by atoms with Crippen LogP contribution in [0.5, 0.6) is 0 Å². The first-order valence-corrected chi connectivity index (χ1v) is 33.5. The summed E-state index contributed by atoms with van der Waals surface area (Å²) >= 11 is 0. The van der Waals surface area contributed by atoms with Gasteiger partial charge in [-0.15, -0.1) is 0 Å². The number of unbranched alkanes of at least 4 members (excludes halogenated alkanes) is 33. The monoisotopic (exact) mass is 1160 g/mol. The Morgan fingerprint density at radius 1 is 0.439 bits per heavy atom. The summed E-state index contributed by atoms with van der Waals surface area (Å²) in [5, 5.41) is 87.2. The fraction of sp³-hybridized carbons (Fsp3) is 0.838. The van der Waals surface area contributed by atoms with Gasteiger partial charge in [0, 0.05) is 6.42 Å². The van der Waals surface area contributed by atoms with Crippen molar-refractivity contribution < 1.29 is 64.6 Å². The van der Waals surface area contributed by atoms with Crippen LogP contribution in [0.25, 0.3) is 0 Å². The Balaban J connectivity index is 1.67. The first-order chi connectivity index (χ1) is 40.1. The summed E-state index contributed by atoms with van der Waals surface area (Å²) in [6.07, 6.45) is 52.8. The van der Waals surface area contributed by atoms with E-state index in [9.17, 15) is 45.6 Å². The number of nitrogens with one attached hydrogen (secondary N) is 1. The average molecular weight is 1160 g/mol. The molecule has 2 fully saturated rings. The zero-order chi connectivity index (χ0) is 59.5. The zero-order valence-corrected chi connectivity index (χ0v) is 51.7. The van der Waals surface area contributed by atoms with Crippen LogP contribution in [-0.2, 0) is 23.7 Å². The van der Waals surface area contributed by atoms with E-state index in [1.165, 1.54) is 186 Å². The largest absolute Gasteiger partial charge is 0.394 e. The molecule has 2 aliphatic heterocycles. The van der Waals surface area contributed by atoms with E-state index < -0.39 is 86.8 Å². The molecule has 0 aliphatic carbocycles. The molecule has 478 valence electrons. The fourth-order valence-corrected chi connectivity index (χ4v) is 10.8. The Morgan fingerprint density at radius 3 is 1.27 bits per heavy atom. The first-order valence-electron chi connectivity index (χ1n) is 33.5. The van der Waals surface area contributed by atoms with Crippen LogP contribution in [0.4, 0.5) is 0 Å². The summed E-state index contributed by atoms with van der Waals surface area (Å²) in [7, 11) is 0. The van der Waals surface area contributed by atoms with Gasteiger partial charge in [0.15, 0.2) is 12.6 Å². The molecule has 0 saturated carbocycles. The summed E-state index contributed by atoms with van der Waals surface area (Å²) in [4.78, 5) is 13.3. The lowest BCUT2D eigenvalue weighted by Crippen LogP contribution is -2.65. The maximum absolute atomic E-state index is 13.3. The van der Waals surface area contributed by atoms with Crippen molar-refractivity contribution in [1.82, 2.24) is 5.32 Å². The quantitative estimate of drug-likeness (QED) is 0.0204. The Kier molecular flexibility index (Phi) is 49.0. The summed E-state index contributed by atoms with van der Waals surface area (Å²) in [6.45, 7) is 2.77. The number of ether oxygens (including phenoxy) is 4. The van der Waals surface area contributed by atoms with Gasteiger partial charge < -0.3 is 65.1 Å². The molecule has 0 aromatic rings. The minimum Gasteiger partial charge on any atom is -0.394 e. The van der Waals surface area contributed by atoms with Crippen LogP contribution in [0.3, 0.4) is 0 Å². The van der Waals surface area contributed by atoms with Crippen LogP contribution in [0, 0.1) is 0 Å². The molecular formula is C68H123NO13. The molecule has 82 heavy (non-hydrogen) atoms. The lowest BCUT2D eigenvalue weighted by molar-refractivity contribution is -0.359. The minimum absolute atomic E-state index is 0.251. The molecule has 2 heterocycles. The summed E-state index contributed by atoms with van der Waals surface area (Å²) in [5.41, 5.74) is 0. The summed E-state index contributed by atoms with van der Waals surface area (Å²) in [6, 6.07) is -0.939. The van der Waals surface area contributed by atoms with Crippen LogP contribution >= 0.6 is 0 Å². The molecule has 0 aromatic carbocycles. The van der Waals surface area contributed by atoms with Crippen LogP contribution in [0.2, 0.25) is 0 Å². The van der Waals surface area contributed by atoms with Gasteiger partial charge in [0.05, 0.1) is 32.0 Å². The molecule has 0 bridgehead atoms. The molecule has 2 saturated heterocycles. The molecule has 14 nitrogen and oxygen atoms in total. The number of carbonyl (C=O) groups excluding carboxylic acids is 1. The van der Waals surface area contributed by atoms with Gasteiger partial charge in [-0.25, -0.2) is 0 Å². The van der Waals surface area contributed by atoms with Crippen molar-refractivity contribution in [2.24, 2.45) is 0 Å². The summed E-state index contributed by atoms with van der Waals surface area (Å²) < 4.78 is 22.8. The highest BCUT2D eigenvalue weighted by Crippen LogP contribution is 2.30. The molecule has 12 atom stereocenters. The third-order valence-electron chi connectivity index (χ3n) is 16.2. The molecule has 0 radical (unpaired) electrons. The van der Waals surface area contributed by atoms with Gasteiger partial charge in [0.25, 0.3) is 0 Å². The maximum Gasteiger partial charge on any atom is 0.220 e. The number of amides is 1. The fourth-order valence-electron chi connectivity index (χ4n) is 10.8. The van der Waals surface area contributed by atoms with Crippen molar-refractivity contribution in [3.05, 3.63) is 60.8 Å². The van der Waals surface area contributed by atoms with E-state index in [1.54, 1.807) is 6.08 Å². The molecular weight excluding hydrogens is 1040 g/mol. The standard InChI is InChI=1S/C68H123NO13/c1-3-5-7-9-11-13-15-17-19-21-22-23-24-25-26-27-28-29-30-31-32-33-34-36-38-40-42-44-46-48-50-52-60(73)69-56(57(72)51-49-47-45-43-41-39-37-35-20-18-16-14-12-10-8-6-4-2)55-79-67-65(78)63(76)66(59(54-71)81-67)82-68-64(77)62(75)61(74)58(53-70)80-68/h15,17,20-22,35,41,43,49,51,56-59,61-68,70-72,74-78H,3-14,16,18-19,23-34,36-40,42,44-48,50,52-55H2,1-2H3,(H,69,73)/b17-15-,22-21-,35-20+,43-41+,51-49+. The van der Waals surface area contributed by atoms with Gasteiger partial charge >= 0.3 is 0 Å². The highest BCUT2D eigenvalue weighted by molar-refractivity contribution is 5.76. The van der Waals surface area contributed by atoms with E-state index in [1.807, 2.05) is 6.08 Å². The van der Waals surface area contributed by atoms with Gasteiger partial charge in [-0.05, 0) is 77.0 Å². The van der Waals surface area contributed by atoms with E-state index >= 15 is 0 Å². The lowest BCUT2D eigenvalue weighted by Gasteiger charge is -2.46. The zero-order valence-electron chi connectivity index (χ0n) is 51.7. The van der Waals surface area contributed by atoms with E-state index in [0.717, 1.165) is 51.4 Å². The van der Waals surface area contributed by atoms with Gasteiger partial charge in [-0.1, -0.05) is 248 Å². The minimum atomic E-state index is -1.79. The second-order valence-corrected chi connectivity index (χ2v) is 23.6. The summed E-state index contributed by atoms with van der Waals surface area (Å²) in [5.74, 6) is -0.251. The lowest BCUT2D eigenvalue weighted by atomic mass is 9.97. The molecule has 0 aromatic heterocycles. The van der Waals surface area contributed by atoms with Crippen molar-refractivity contribution in [1.29, 1.82) is 0 Å². The van der Waals surface area contributed by atoms with Crippen LogP contribution in [0.1, 0.15) is 271 Å². The second-order valence-electron chi connectivity index (χ2n) is 23.6. The number of carbonyl (C=O) groups is 1. The van der Waals surface area contributed by atoms with Crippen molar-refractivity contribution in [2.75, 3.05) is 19.8 Å². The number of rotatable bonds is 54. The number of aliphatic hydroxyl groups excluding tert-OH is 8. The average Bonchev–Trinajstić information content (AvgIpc) is 3.52. The van der Waals surface area contributed by atoms with Crippen molar-refractivity contribution >= 4 is 5.91 Å². The van der Waals surface area contributed by atoms with E-state index in [-0.39, 0.29) is 18.9 Å². The SMILES string of the molecule is CCCCCCC/C=C\C/C=C\CCCCCCCCCCCCCCCCCCCCCC(=O)NC(COC1OC(CO)C(OC2OC(CO)C(O)C(O)C2O)C(O)C1O)C(O)/C=C/CC/C=C/CC/C=C/CCCCCCCCC. The molecule has 2 rings (SSSR count). The van der Waals surface area contributed by atoms with E-state index in [0.29, 0.717) is 12.8 Å². The molecule has 14 heteroatoms. The normalized spacial score (nSPS) is 24.3. The number of hydrogen-bond acceptors (Lipinski definition) is 13. The predicted molar refractivity (Wildman–Crippen MR) is 332 cm³/mol. The highest BCUT2D eigenvalue weighted by atomic mass is 16.7.